The Bertz CT molecular complexity index is 1420. The first-order valence-corrected chi connectivity index (χ1v) is 16.4. The second-order valence-corrected chi connectivity index (χ2v) is 13.6. The predicted molar refractivity (Wildman–Crippen MR) is 168 cm³/mol. The standard InChI is InChI=1S/C30H35Br2N3O4S/c1-5-22(3)33-30(37)28(18-23-9-7-6-8-10-23)34(19-24-11-13-25(31)14-12-24)29(36)20-35(40(4,38)39)26-15-16-27(32)21(2)17-26/h6-17,22,28H,5,18-20H2,1-4H3,(H,33,37)/t22-,28+/m0/s1. The van der Waals surface area contributed by atoms with Gasteiger partial charge in [0.25, 0.3) is 0 Å². The van der Waals surface area contributed by atoms with Crippen molar-refractivity contribution in [2.45, 2.75) is 52.2 Å². The molecule has 0 bridgehead atoms. The Labute approximate surface area is 254 Å². The Morgan fingerprint density at radius 1 is 0.950 bits per heavy atom. The fourth-order valence-electron chi connectivity index (χ4n) is 4.18. The highest BCUT2D eigenvalue weighted by Gasteiger charge is 2.33. The molecular weight excluding hydrogens is 658 g/mol. The Morgan fingerprint density at radius 2 is 1.60 bits per heavy atom. The molecule has 214 valence electrons. The van der Waals surface area contributed by atoms with Crippen LogP contribution < -0.4 is 9.62 Å². The average Bonchev–Trinajstić information content (AvgIpc) is 2.91. The summed E-state index contributed by atoms with van der Waals surface area (Å²) in [5, 5.41) is 3.03. The van der Waals surface area contributed by atoms with Crippen LogP contribution in [0.4, 0.5) is 5.69 Å². The van der Waals surface area contributed by atoms with Gasteiger partial charge < -0.3 is 10.2 Å². The number of carbonyl (C=O) groups excluding carboxylic acids is 2. The molecule has 0 heterocycles. The number of aryl methyl sites for hydroxylation is 1. The average molecular weight is 694 g/mol. The van der Waals surface area contributed by atoms with Crippen LogP contribution in [0.2, 0.25) is 0 Å². The van der Waals surface area contributed by atoms with Crippen LogP contribution in [0.5, 0.6) is 0 Å². The molecule has 0 aromatic heterocycles. The van der Waals surface area contributed by atoms with Gasteiger partial charge in [0, 0.05) is 28.0 Å². The van der Waals surface area contributed by atoms with Crippen LogP contribution in [0, 0.1) is 6.92 Å². The molecule has 3 aromatic rings. The summed E-state index contributed by atoms with van der Waals surface area (Å²) >= 11 is 6.89. The van der Waals surface area contributed by atoms with Gasteiger partial charge in [-0.2, -0.15) is 0 Å². The molecule has 40 heavy (non-hydrogen) atoms. The van der Waals surface area contributed by atoms with Gasteiger partial charge in [0.1, 0.15) is 12.6 Å². The van der Waals surface area contributed by atoms with E-state index in [9.17, 15) is 18.0 Å². The van der Waals surface area contributed by atoms with E-state index in [1.54, 1.807) is 18.2 Å². The largest absolute Gasteiger partial charge is 0.352 e. The molecule has 3 rings (SSSR count). The molecule has 0 saturated heterocycles. The zero-order valence-electron chi connectivity index (χ0n) is 23.1. The molecule has 7 nitrogen and oxygen atoms in total. The van der Waals surface area contributed by atoms with E-state index in [2.05, 4.69) is 37.2 Å². The normalized spacial score (nSPS) is 12.8. The molecule has 1 N–H and O–H groups in total. The van der Waals surface area contributed by atoms with Crippen LogP contribution in [-0.2, 0) is 32.6 Å². The highest BCUT2D eigenvalue weighted by atomic mass is 79.9. The van der Waals surface area contributed by atoms with Crippen molar-refractivity contribution in [3.05, 3.63) is 98.4 Å². The maximum Gasteiger partial charge on any atom is 0.244 e. The third-order valence-corrected chi connectivity index (χ3v) is 9.21. The Kier molecular flexibility index (Phi) is 11.4. The van der Waals surface area contributed by atoms with Crippen molar-refractivity contribution in [2.24, 2.45) is 0 Å². The van der Waals surface area contributed by atoms with Crippen molar-refractivity contribution in [3.63, 3.8) is 0 Å². The van der Waals surface area contributed by atoms with E-state index in [1.807, 2.05) is 75.4 Å². The fourth-order valence-corrected chi connectivity index (χ4v) is 5.53. The van der Waals surface area contributed by atoms with Crippen molar-refractivity contribution < 1.29 is 18.0 Å². The number of halogens is 2. The summed E-state index contributed by atoms with van der Waals surface area (Å²) in [6.07, 6.45) is 2.09. The van der Waals surface area contributed by atoms with E-state index in [0.29, 0.717) is 5.69 Å². The maximum absolute atomic E-state index is 14.1. The van der Waals surface area contributed by atoms with E-state index in [1.165, 1.54) is 4.90 Å². The van der Waals surface area contributed by atoms with Gasteiger partial charge in [0.05, 0.1) is 11.9 Å². The summed E-state index contributed by atoms with van der Waals surface area (Å²) in [7, 11) is -3.82. The number of rotatable bonds is 12. The van der Waals surface area contributed by atoms with Gasteiger partial charge in [-0.05, 0) is 67.3 Å². The minimum Gasteiger partial charge on any atom is -0.352 e. The number of hydrogen-bond donors (Lipinski definition) is 1. The van der Waals surface area contributed by atoms with E-state index < -0.39 is 28.5 Å². The van der Waals surface area contributed by atoms with Crippen molar-refractivity contribution >= 4 is 59.4 Å². The third-order valence-electron chi connectivity index (χ3n) is 6.65. The van der Waals surface area contributed by atoms with Gasteiger partial charge in [-0.25, -0.2) is 8.42 Å². The zero-order chi connectivity index (χ0) is 29.4. The topological polar surface area (TPSA) is 86.8 Å². The Hall–Kier alpha value is -2.69. The van der Waals surface area contributed by atoms with Crippen molar-refractivity contribution in [1.82, 2.24) is 10.2 Å². The molecule has 0 radical (unpaired) electrons. The molecule has 3 aromatic carbocycles. The molecule has 2 amide bonds. The van der Waals surface area contributed by atoms with Crippen molar-refractivity contribution in [2.75, 3.05) is 17.1 Å². The summed E-state index contributed by atoms with van der Waals surface area (Å²) < 4.78 is 28.7. The maximum atomic E-state index is 14.1. The van der Waals surface area contributed by atoms with Crippen LogP contribution in [0.25, 0.3) is 0 Å². The lowest BCUT2D eigenvalue weighted by molar-refractivity contribution is -0.140. The van der Waals surface area contributed by atoms with Gasteiger partial charge in [0.15, 0.2) is 0 Å². The number of sulfonamides is 1. The van der Waals surface area contributed by atoms with Crippen molar-refractivity contribution in [1.29, 1.82) is 0 Å². The van der Waals surface area contributed by atoms with Gasteiger partial charge in [0.2, 0.25) is 21.8 Å². The van der Waals surface area contributed by atoms with Gasteiger partial charge in [-0.1, -0.05) is 81.2 Å². The predicted octanol–water partition coefficient (Wildman–Crippen LogP) is 5.84. The number of hydrogen-bond acceptors (Lipinski definition) is 4. The first kappa shape index (κ1) is 31.8. The van der Waals surface area contributed by atoms with E-state index in [0.717, 1.165) is 42.6 Å². The fraction of sp³-hybridized carbons (Fsp3) is 0.333. The Balaban J connectivity index is 2.06. The van der Waals surface area contributed by atoms with Crippen LogP contribution in [0.1, 0.15) is 37.0 Å². The lowest BCUT2D eigenvalue weighted by Gasteiger charge is -2.34. The quantitative estimate of drug-likeness (QED) is 0.259. The number of nitrogens with zero attached hydrogens (tertiary/aromatic N) is 2. The molecule has 0 aliphatic carbocycles. The molecule has 10 heteroatoms. The molecule has 0 spiro atoms. The molecule has 0 saturated carbocycles. The highest BCUT2D eigenvalue weighted by Crippen LogP contribution is 2.25. The minimum atomic E-state index is -3.82. The van der Waals surface area contributed by atoms with Crippen LogP contribution >= 0.6 is 31.9 Å². The lowest BCUT2D eigenvalue weighted by Crippen LogP contribution is -2.54. The molecule has 0 unspecified atom stereocenters. The first-order chi connectivity index (χ1) is 18.9. The molecule has 2 atom stereocenters. The lowest BCUT2D eigenvalue weighted by atomic mass is 10.0. The van der Waals surface area contributed by atoms with E-state index >= 15 is 0 Å². The van der Waals surface area contributed by atoms with Gasteiger partial charge in [-0.15, -0.1) is 0 Å². The molecule has 0 aliphatic heterocycles. The first-order valence-electron chi connectivity index (χ1n) is 13.0. The third kappa shape index (κ3) is 8.91. The molecular formula is C30H35Br2N3O4S. The van der Waals surface area contributed by atoms with E-state index in [-0.39, 0.29) is 24.9 Å². The molecule has 0 aliphatic rings. The van der Waals surface area contributed by atoms with Crippen LogP contribution in [-0.4, -0.2) is 50.0 Å². The SMILES string of the molecule is CC[C@H](C)NC(=O)[C@@H](Cc1ccccc1)N(Cc1ccc(Br)cc1)C(=O)CN(c1ccc(Br)c(C)c1)S(C)(=O)=O. The van der Waals surface area contributed by atoms with Gasteiger partial charge in [-0.3, -0.25) is 13.9 Å². The number of nitrogens with one attached hydrogen (secondary N) is 1. The smallest absolute Gasteiger partial charge is 0.244 e. The highest BCUT2D eigenvalue weighted by molar-refractivity contribution is 9.10. The summed E-state index contributed by atoms with van der Waals surface area (Å²) in [4.78, 5) is 29.3. The van der Waals surface area contributed by atoms with Crippen LogP contribution in [0.15, 0.2) is 81.7 Å². The summed E-state index contributed by atoms with van der Waals surface area (Å²) in [5.74, 6) is -0.761. The zero-order valence-corrected chi connectivity index (χ0v) is 27.1. The Morgan fingerprint density at radius 3 is 2.17 bits per heavy atom. The number of benzene rings is 3. The van der Waals surface area contributed by atoms with Crippen molar-refractivity contribution in [3.8, 4) is 0 Å². The number of anilines is 1. The van der Waals surface area contributed by atoms with E-state index in [4.69, 9.17) is 0 Å². The number of carbonyl (C=O) groups is 2. The summed E-state index contributed by atoms with van der Waals surface area (Å²) in [6.45, 7) is 5.43. The number of amides is 2. The van der Waals surface area contributed by atoms with Crippen LogP contribution in [0.3, 0.4) is 0 Å². The monoisotopic (exact) mass is 691 g/mol. The second-order valence-electron chi connectivity index (χ2n) is 9.87. The summed E-state index contributed by atoms with van der Waals surface area (Å²) in [6, 6.07) is 21.2. The summed E-state index contributed by atoms with van der Waals surface area (Å²) in [5.41, 5.74) is 2.92. The molecule has 0 fully saturated rings. The second kappa shape index (κ2) is 14.3. The minimum absolute atomic E-state index is 0.0892. The van der Waals surface area contributed by atoms with Gasteiger partial charge >= 0.3 is 0 Å².